The lowest BCUT2D eigenvalue weighted by atomic mass is 9.86. The Morgan fingerprint density at radius 2 is 1.24 bits per heavy atom. The molecule has 0 fully saturated rings. The van der Waals surface area contributed by atoms with Crippen molar-refractivity contribution < 1.29 is 0 Å². The molecule has 150 valence electrons. The fourth-order valence-corrected chi connectivity index (χ4v) is 5.56. The number of rotatable bonds is 2. The highest BCUT2D eigenvalue weighted by molar-refractivity contribution is 7.26. The van der Waals surface area contributed by atoms with Crippen LogP contribution in [0, 0.1) is 0 Å². The number of anilines is 2. The van der Waals surface area contributed by atoms with Gasteiger partial charge in [0.15, 0.2) is 0 Å². The van der Waals surface area contributed by atoms with E-state index in [-0.39, 0.29) is 10.8 Å². The molecule has 3 aromatic carbocycles. The summed E-state index contributed by atoms with van der Waals surface area (Å²) in [6, 6.07) is 22.5. The Balaban J connectivity index is 1.86. The average molecular weight is 402 g/mol. The van der Waals surface area contributed by atoms with Crippen molar-refractivity contribution in [1.82, 2.24) is 0 Å². The summed E-state index contributed by atoms with van der Waals surface area (Å²) in [6.45, 7) is 13.7. The number of thiophene rings is 1. The van der Waals surface area contributed by atoms with Crippen LogP contribution in [-0.4, -0.2) is 7.05 Å². The Kier molecular flexibility index (Phi) is 4.74. The lowest BCUT2D eigenvalue weighted by Crippen LogP contribution is -2.13. The molecule has 1 nitrogen and oxygen atoms in total. The van der Waals surface area contributed by atoms with Gasteiger partial charge in [-0.15, -0.1) is 11.3 Å². The van der Waals surface area contributed by atoms with Crippen molar-refractivity contribution in [3.63, 3.8) is 0 Å². The van der Waals surface area contributed by atoms with Crippen LogP contribution in [0.4, 0.5) is 11.4 Å². The van der Waals surface area contributed by atoms with Gasteiger partial charge < -0.3 is 4.90 Å². The van der Waals surface area contributed by atoms with Gasteiger partial charge in [-0.3, -0.25) is 0 Å². The molecule has 29 heavy (non-hydrogen) atoms. The van der Waals surface area contributed by atoms with Crippen LogP contribution in [-0.2, 0) is 10.8 Å². The first-order valence-electron chi connectivity index (χ1n) is 10.4. The van der Waals surface area contributed by atoms with Gasteiger partial charge in [0.25, 0.3) is 0 Å². The van der Waals surface area contributed by atoms with E-state index < -0.39 is 0 Å². The minimum atomic E-state index is 0.134. The summed E-state index contributed by atoms with van der Waals surface area (Å²) in [7, 11) is 2.18. The molecular formula is C27H31NS. The highest BCUT2D eigenvalue weighted by Gasteiger charge is 2.21. The van der Waals surface area contributed by atoms with Gasteiger partial charge in [0.05, 0.1) is 10.4 Å². The van der Waals surface area contributed by atoms with E-state index in [1.807, 2.05) is 11.3 Å². The van der Waals surface area contributed by atoms with Crippen molar-refractivity contribution in [3.05, 3.63) is 71.8 Å². The minimum Gasteiger partial charge on any atom is -0.343 e. The van der Waals surface area contributed by atoms with Crippen LogP contribution in [0.2, 0.25) is 0 Å². The summed E-state index contributed by atoms with van der Waals surface area (Å²) in [6.07, 6.45) is 0. The van der Waals surface area contributed by atoms with E-state index in [0.29, 0.717) is 0 Å². The van der Waals surface area contributed by atoms with Gasteiger partial charge >= 0.3 is 0 Å². The highest BCUT2D eigenvalue weighted by atomic mass is 32.1. The van der Waals surface area contributed by atoms with Crippen molar-refractivity contribution in [3.8, 4) is 0 Å². The third-order valence-electron chi connectivity index (χ3n) is 5.79. The van der Waals surface area contributed by atoms with E-state index in [4.69, 9.17) is 0 Å². The third kappa shape index (κ3) is 3.55. The molecule has 1 aromatic heterocycles. The Morgan fingerprint density at radius 3 is 1.83 bits per heavy atom. The molecule has 1 heterocycles. The zero-order chi connectivity index (χ0) is 21.0. The Morgan fingerprint density at radius 1 is 0.655 bits per heavy atom. The van der Waals surface area contributed by atoms with Crippen LogP contribution in [0.25, 0.3) is 20.2 Å². The van der Waals surface area contributed by atoms with Crippen molar-refractivity contribution in [2.45, 2.75) is 52.4 Å². The first-order chi connectivity index (χ1) is 13.6. The van der Waals surface area contributed by atoms with Gasteiger partial charge in [-0.1, -0.05) is 84.0 Å². The molecule has 0 atom stereocenters. The zero-order valence-electron chi connectivity index (χ0n) is 18.6. The molecule has 0 aliphatic rings. The van der Waals surface area contributed by atoms with E-state index in [9.17, 15) is 0 Å². The predicted octanol–water partition coefficient (Wildman–Crippen LogP) is 8.42. The number of hydrogen-bond acceptors (Lipinski definition) is 2. The molecule has 0 N–H and O–H groups in total. The Hall–Kier alpha value is -2.32. The first kappa shape index (κ1) is 20.0. The summed E-state index contributed by atoms with van der Waals surface area (Å²) < 4.78 is 2.78. The number of fused-ring (bicyclic) bond motifs is 3. The van der Waals surface area contributed by atoms with Crippen molar-refractivity contribution in [1.29, 1.82) is 0 Å². The standard InChI is InChI=1S/C27H31NS/c1-26(2,3)18-14-16-19(17-15-18)28(7)23-13-9-11-21-20-10-8-12-22(27(4,5)6)24(20)29-25(21)23/h8-17H,1-7H3. The number of hydrogen-bond donors (Lipinski definition) is 0. The molecule has 0 bridgehead atoms. The molecule has 0 amide bonds. The topological polar surface area (TPSA) is 3.24 Å². The Labute approximate surface area is 179 Å². The van der Waals surface area contributed by atoms with Crippen LogP contribution in [0.3, 0.4) is 0 Å². The van der Waals surface area contributed by atoms with Crippen LogP contribution in [0.15, 0.2) is 60.7 Å². The molecular weight excluding hydrogens is 370 g/mol. The maximum Gasteiger partial charge on any atom is 0.0592 e. The van der Waals surface area contributed by atoms with Crippen molar-refractivity contribution in [2.24, 2.45) is 0 Å². The maximum absolute atomic E-state index is 2.32. The van der Waals surface area contributed by atoms with Crippen LogP contribution in [0.5, 0.6) is 0 Å². The molecule has 0 aliphatic carbocycles. The largest absolute Gasteiger partial charge is 0.343 e. The second-order valence-corrected chi connectivity index (χ2v) is 11.1. The van der Waals surface area contributed by atoms with Crippen LogP contribution in [0.1, 0.15) is 52.7 Å². The average Bonchev–Trinajstić information content (AvgIpc) is 3.04. The molecule has 0 spiro atoms. The SMILES string of the molecule is CN(c1ccc(C(C)(C)C)cc1)c1cccc2c1sc1c(C(C)(C)C)cccc12. The fraction of sp³-hybridized carbons (Fsp3) is 0.333. The van der Waals surface area contributed by atoms with Gasteiger partial charge in [-0.2, -0.15) is 0 Å². The predicted molar refractivity (Wildman–Crippen MR) is 131 cm³/mol. The normalized spacial score (nSPS) is 12.7. The molecule has 0 unspecified atom stereocenters. The summed E-state index contributed by atoms with van der Waals surface area (Å²) in [5.41, 5.74) is 5.59. The van der Waals surface area contributed by atoms with Gasteiger partial charge in [0, 0.05) is 28.2 Å². The molecule has 0 saturated heterocycles. The van der Waals surface area contributed by atoms with E-state index >= 15 is 0 Å². The van der Waals surface area contributed by atoms with E-state index in [2.05, 4.69) is 114 Å². The molecule has 4 rings (SSSR count). The summed E-state index contributed by atoms with van der Waals surface area (Å²) in [5, 5.41) is 2.72. The van der Waals surface area contributed by atoms with Crippen LogP contribution >= 0.6 is 11.3 Å². The lowest BCUT2D eigenvalue weighted by Gasteiger charge is -2.23. The summed E-state index contributed by atoms with van der Waals surface area (Å²) >= 11 is 1.93. The summed E-state index contributed by atoms with van der Waals surface area (Å²) in [5.74, 6) is 0. The smallest absolute Gasteiger partial charge is 0.0592 e. The first-order valence-corrected chi connectivity index (χ1v) is 11.2. The highest BCUT2D eigenvalue weighted by Crippen LogP contribution is 2.44. The monoisotopic (exact) mass is 401 g/mol. The number of benzene rings is 3. The third-order valence-corrected chi connectivity index (χ3v) is 7.07. The van der Waals surface area contributed by atoms with Gasteiger partial charge in [-0.05, 0) is 40.2 Å². The Bertz CT molecular complexity index is 1170. The van der Waals surface area contributed by atoms with Crippen molar-refractivity contribution >= 4 is 42.9 Å². The molecule has 4 aromatic rings. The maximum atomic E-state index is 2.32. The second-order valence-electron chi connectivity index (χ2n) is 10.0. The zero-order valence-corrected chi connectivity index (χ0v) is 19.4. The quantitative estimate of drug-likeness (QED) is 0.326. The van der Waals surface area contributed by atoms with Crippen molar-refractivity contribution in [2.75, 3.05) is 11.9 Å². The van der Waals surface area contributed by atoms with E-state index in [1.165, 1.54) is 42.7 Å². The second kappa shape index (κ2) is 6.88. The molecule has 0 saturated carbocycles. The van der Waals surface area contributed by atoms with E-state index in [1.54, 1.807) is 0 Å². The fourth-order valence-electron chi connectivity index (χ4n) is 3.98. The molecule has 2 heteroatoms. The lowest BCUT2D eigenvalue weighted by molar-refractivity contribution is 0.590. The van der Waals surface area contributed by atoms with E-state index in [0.717, 1.165) is 0 Å². The number of nitrogens with zero attached hydrogens (tertiary/aromatic N) is 1. The minimum absolute atomic E-state index is 0.134. The van der Waals surface area contributed by atoms with Gasteiger partial charge in [0.2, 0.25) is 0 Å². The molecule has 0 radical (unpaired) electrons. The van der Waals surface area contributed by atoms with Gasteiger partial charge in [0.1, 0.15) is 0 Å². The van der Waals surface area contributed by atoms with Gasteiger partial charge in [-0.25, -0.2) is 0 Å². The van der Waals surface area contributed by atoms with Crippen LogP contribution < -0.4 is 4.90 Å². The molecule has 0 aliphatic heterocycles. The summed E-state index contributed by atoms with van der Waals surface area (Å²) in [4.78, 5) is 2.32.